The fourth-order valence-corrected chi connectivity index (χ4v) is 3.65. The summed E-state index contributed by atoms with van der Waals surface area (Å²) in [4.78, 5) is 40.0. The highest BCUT2D eigenvalue weighted by Crippen LogP contribution is 2.25. The molecule has 0 unspecified atom stereocenters. The minimum absolute atomic E-state index is 0.171. The van der Waals surface area contributed by atoms with Crippen LogP contribution in [-0.2, 0) is 9.59 Å². The van der Waals surface area contributed by atoms with Crippen LogP contribution < -0.4 is 21.0 Å². The Morgan fingerprint density at radius 1 is 1.06 bits per heavy atom. The van der Waals surface area contributed by atoms with E-state index in [-0.39, 0.29) is 18.4 Å². The molecule has 0 radical (unpaired) electrons. The number of nitrogens with one attached hydrogen (secondary N) is 2. The average Bonchev–Trinajstić information content (AvgIpc) is 3.18. The molecule has 0 fully saturated rings. The van der Waals surface area contributed by atoms with Crippen molar-refractivity contribution >= 4 is 45.5 Å². The van der Waals surface area contributed by atoms with E-state index in [4.69, 9.17) is 9.15 Å². The van der Waals surface area contributed by atoms with Crippen molar-refractivity contribution < 1.29 is 18.7 Å². The van der Waals surface area contributed by atoms with Gasteiger partial charge < -0.3 is 19.8 Å². The molecule has 32 heavy (non-hydrogen) atoms. The first-order chi connectivity index (χ1) is 15.4. The molecule has 0 bridgehead atoms. The SMILES string of the molecule is CC(=O)Nc1ccc(NC(=O)COc2ccc3cc(-c4csc(C)n4)c(=O)oc3c2)cc1. The number of aryl methyl sites for hydroxylation is 1. The summed E-state index contributed by atoms with van der Waals surface area (Å²) in [6.07, 6.45) is 0. The molecule has 0 saturated carbocycles. The van der Waals surface area contributed by atoms with Crippen molar-refractivity contribution in [2.45, 2.75) is 13.8 Å². The van der Waals surface area contributed by atoms with Crippen LogP contribution in [0, 0.1) is 6.92 Å². The van der Waals surface area contributed by atoms with Crippen LogP contribution >= 0.6 is 11.3 Å². The number of nitrogens with zero attached hydrogens (tertiary/aromatic N) is 1. The predicted molar refractivity (Wildman–Crippen MR) is 123 cm³/mol. The van der Waals surface area contributed by atoms with Crippen LogP contribution in [-0.4, -0.2) is 23.4 Å². The Kier molecular flexibility index (Phi) is 6.00. The number of anilines is 2. The summed E-state index contributed by atoms with van der Waals surface area (Å²) in [7, 11) is 0. The summed E-state index contributed by atoms with van der Waals surface area (Å²) in [6.45, 7) is 3.07. The van der Waals surface area contributed by atoms with Gasteiger partial charge in [0.1, 0.15) is 11.3 Å². The summed E-state index contributed by atoms with van der Waals surface area (Å²) in [5.74, 6) is -0.127. The molecule has 2 heterocycles. The molecular formula is C23H19N3O5S. The molecule has 0 aliphatic carbocycles. The number of rotatable bonds is 6. The highest BCUT2D eigenvalue weighted by atomic mass is 32.1. The van der Waals surface area contributed by atoms with Gasteiger partial charge in [-0.25, -0.2) is 9.78 Å². The molecule has 9 heteroatoms. The monoisotopic (exact) mass is 449 g/mol. The first-order valence-corrected chi connectivity index (χ1v) is 10.6. The van der Waals surface area contributed by atoms with E-state index in [1.54, 1.807) is 48.5 Å². The smallest absolute Gasteiger partial charge is 0.345 e. The van der Waals surface area contributed by atoms with Gasteiger partial charge >= 0.3 is 5.63 Å². The number of thiazole rings is 1. The van der Waals surface area contributed by atoms with Gasteiger partial charge in [0.15, 0.2) is 6.61 Å². The minimum atomic E-state index is -0.486. The van der Waals surface area contributed by atoms with Crippen molar-refractivity contribution in [1.29, 1.82) is 0 Å². The van der Waals surface area contributed by atoms with Crippen molar-refractivity contribution in [3.05, 3.63) is 69.3 Å². The van der Waals surface area contributed by atoms with E-state index in [2.05, 4.69) is 15.6 Å². The van der Waals surface area contributed by atoms with E-state index in [1.807, 2.05) is 12.3 Å². The minimum Gasteiger partial charge on any atom is -0.484 e. The van der Waals surface area contributed by atoms with Gasteiger partial charge in [0.2, 0.25) is 5.91 Å². The normalized spacial score (nSPS) is 10.7. The second-order valence-electron chi connectivity index (χ2n) is 6.99. The largest absolute Gasteiger partial charge is 0.484 e. The standard InChI is InChI=1S/C23H19N3O5S/c1-13(27)24-16-4-6-17(7-5-16)26-22(28)11-30-18-8-3-15-9-19(20-12-32-14(2)25-20)23(29)31-21(15)10-18/h3-10,12H,11H2,1-2H3,(H,24,27)(H,26,28). The van der Waals surface area contributed by atoms with E-state index in [0.717, 1.165) is 10.4 Å². The molecule has 0 atom stereocenters. The van der Waals surface area contributed by atoms with Crippen LogP contribution in [0.3, 0.4) is 0 Å². The third-order valence-corrected chi connectivity index (χ3v) is 5.23. The van der Waals surface area contributed by atoms with Crippen molar-refractivity contribution in [3.63, 3.8) is 0 Å². The van der Waals surface area contributed by atoms with Gasteiger partial charge in [-0.1, -0.05) is 0 Å². The van der Waals surface area contributed by atoms with Gasteiger partial charge in [0.25, 0.3) is 5.91 Å². The number of amides is 2. The molecule has 4 rings (SSSR count). The Morgan fingerprint density at radius 3 is 2.44 bits per heavy atom. The van der Waals surface area contributed by atoms with Crippen molar-refractivity contribution in [2.24, 2.45) is 0 Å². The molecule has 0 aliphatic rings. The number of hydrogen-bond donors (Lipinski definition) is 2. The van der Waals surface area contributed by atoms with Gasteiger partial charge in [-0.15, -0.1) is 11.3 Å². The summed E-state index contributed by atoms with van der Waals surface area (Å²) in [6, 6.07) is 13.5. The molecule has 162 valence electrons. The zero-order chi connectivity index (χ0) is 22.7. The highest BCUT2D eigenvalue weighted by molar-refractivity contribution is 7.09. The lowest BCUT2D eigenvalue weighted by Crippen LogP contribution is -2.20. The molecule has 0 saturated heterocycles. The van der Waals surface area contributed by atoms with Crippen LogP contribution in [0.5, 0.6) is 5.75 Å². The maximum atomic E-state index is 12.4. The molecular weight excluding hydrogens is 430 g/mol. The van der Waals surface area contributed by atoms with E-state index in [9.17, 15) is 14.4 Å². The average molecular weight is 449 g/mol. The molecule has 0 aliphatic heterocycles. The fraction of sp³-hybridized carbons (Fsp3) is 0.130. The van der Waals surface area contributed by atoms with Gasteiger partial charge in [0.05, 0.1) is 16.3 Å². The number of carbonyl (C=O) groups is 2. The first-order valence-electron chi connectivity index (χ1n) is 9.68. The lowest BCUT2D eigenvalue weighted by molar-refractivity contribution is -0.118. The summed E-state index contributed by atoms with van der Waals surface area (Å²) >= 11 is 1.46. The molecule has 2 N–H and O–H groups in total. The van der Waals surface area contributed by atoms with Crippen LogP contribution in [0.1, 0.15) is 11.9 Å². The van der Waals surface area contributed by atoms with Crippen molar-refractivity contribution in [3.8, 4) is 17.0 Å². The summed E-state index contributed by atoms with van der Waals surface area (Å²) in [5, 5.41) is 8.77. The molecule has 2 aromatic carbocycles. The zero-order valence-corrected chi connectivity index (χ0v) is 18.1. The molecule has 8 nitrogen and oxygen atoms in total. The Bertz CT molecular complexity index is 1360. The van der Waals surface area contributed by atoms with Crippen LogP contribution in [0.4, 0.5) is 11.4 Å². The maximum absolute atomic E-state index is 12.4. The topological polar surface area (TPSA) is 111 Å². The van der Waals surface area contributed by atoms with Gasteiger partial charge in [0, 0.05) is 35.1 Å². The third-order valence-electron chi connectivity index (χ3n) is 4.46. The Hall–Kier alpha value is -3.98. The fourth-order valence-electron chi connectivity index (χ4n) is 3.03. The molecule has 0 spiro atoms. The second-order valence-corrected chi connectivity index (χ2v) is 8.06. The van der Waals surface area contributed by atoms with E-state index in [0.29, 0.717) is 34.0 Å². The highest BCUT2D eigenvalue weighted by Gasteiger charge is 2.12. The van der Waals surface area contributed by atoms with Crippen molar-refractivity contribution in [1.82, 2.24) is 4.98 Å². The van der Waals surface area contributed by atoms with Crippen LogP contribution in [0.25, 0.3) is 22.2 Å². The van der Waals surface area contributed by atoms with E-state index >= 15 is 0 Å². The van der Waals surface area contributed by atoms with Gasteiger partial charge in [-0.2, -0.15) is 0 Å². The maximum Gasteiger partial charge on any atom is 0.345 e. The summed E-state index contributed by atoms with van der Waals surface area (Å²) in [5.41, 5.74) is 2.07. The second kappa shape index (κ2) is 9.03. The number of benzene rings is 2. The number of carbonyl (C=O) groups excluding carboxylic acids is 2. The number of hydrogen-bond acceptors (Lipinski definition) is 7. The number of aromatic nitrogens is 1. The van der Waals surface area contributed by atoms with Gasteiger partial charge in [-0.3, -0.25) is 9.59 Å². The van der Waals surface area contributed by atoms with E-state index < -0.39 is 5.63 Å². The molecule has 2 amide bonds. The number of ether oxygens (including phenoxy) is 1. The lowest BCUT2D eigenvalue weighted by Gasteiger charge is -2.09. The van der Waals surface area contributed by atoms with Crippen molar-refractivity contribution in [2.75, 3.05) is 17.2 Å². The van der Waals surface area contributed by atoms with Gasteiger partial charge in [-0.05, 0) is 49.4 Å². The Labute approximate surface area is 186 Å². The predicted octanol–water partition coefficient (Wildman–Crippen LogP) is 4.20. The third kappa shape index (κ3) is 5.01. The number of fused-ring (bicyclic) bond motifs is 1. The summed E-state index contributed by atoms with van der Waals surface area (Å²) < 4.78 is 11.0. The zero-order valence-electron chi connectivity index (χ0n) is 17.3. The quantitative estimate of drug-likeness (QED) is 0.427. The Morgan fingerprint density at radius 2 is 1.78 bits per heavy atom. The lowest BCUT2D eigenvalue weighted by atomic mass is 10.1. The molecule has 2 aromatic heterocycles. The van der Waals surface area contributed by atoms with Crippen LogP contribution in [0.2, 0.25) is 0 Å². The van der Waals surface area contributed by atoms with Crippen LogP contribution in [0.15, 0.2) is 63.1 Å². The molecule has 4 aromatic rings. The van der Waals surface area contributed by atoms with E-state index in [1.165, 1.54) is 18.3 Å². The Balaban J connectivity index is 1.41. The first kappa shape index (κ1) is 21.3.